The lowest BCUT2D eigenvalue weighted by molar-refractivity contribution is 0.0608. The van der Waals surface area contributed by atoms with E-state index in [0.29, 0.717) is 6.04 Å². The van der Waals surface area contributed by atoms with Crippen LogP contribution in [0, 0.1) is 6.92 Å². The van der Waals surface area contributed by atoms with Gasteiger partial charge in [-0.1, -0.05) is 0 Å². The van der Waals surface area contributed by atoms with Crippen molar-refractivity contribution in [1.82, 2.24) is 20.0 Å². The Hall–Kier alpha value is -1.11. The fourth-order valence-electron chi connectivity index (χ4n) is 2.80. The molecule has 3 rings (SSSR count). The third kappa shape index (κ3) is 2.67. The molecule has 0 saturated carbocycles. The first-order chi connectivity index (χ1) is 9.49. The summed E-state index contributed by atoms with van der Waals surface area (Å²) in [6.45, 7) is 7.86. The van der Waals surface area contributed by atoms with Gasteiger partial charge < -0.3 is 10.2 Å². The number of halogens is 1. The van der Waals surface area contributed by atoms with Crippen molar-refractivity contribution in [2.45, 2.75) is 32.9 Å². The highest BCUT2D eigenvalue weighted by atomic mass is 35.5. The van der Waals surface area contributed by atoms with Crippen molar-refractivity contribution < 1.29 is 4.79 Å². The summed E-state index contributed by atoms with van der Waals surface area (Å²) in [4.78, 5) is 16.6. The maximum Gasteiger partial charge on any atom is 0.264 e. The average Bonchev–Trinajstić information content (AvgIpc) is 2.95. The molecule has 2 aromatic heterocycles. The smallest absolute Gasteiger partial charge is 0.264 e. The van der Waals surface area contributed by atoms with Gasteiger partial charge in [0.2, 0.25) is 0 Å². The van der Waals surface area contributed by atoms with Gasteiger partial charge in [0, 0.05) is 37.6 Å². The van der Waals surface area contributed by atoms with Crippen LogP contribution in [0.1, 0.15) is 29.2 Å². The van der Waals surface area contributed by atoms with E-state index >= 15 is 0 Å². The SMILES string of the molecule is Cc1nn(C)c2sc(C(=O)N3CCNC(C)C3C)cc12.Cl. The first-order valence-electron chi connectivity index (χ1n) is 6.96. The highest BCUT2D eigenvalue weighted by Gasteiger charge is 2.30. The molecule has 1 amide bonds. The zero-order valence-corrected chi connectivity index (χ0v) is 14.3. The summed E-state index contributed by atoms with van der Waals surface area (Å²) >= 11 is 1.54. The summed E-state index contributed by atoms with van der Waals surface area (Å²) in [5.74, 6) is 0.145. The molecule has 7 heteroatoms. The quantitative estimate of drug-likeness (QED) is 0.873. The Bertz CT molecular complexity index is 631. The largest absolute Gasteiger partial charge is 0.332 e. The highest BCUT2D eigenvalue weighted by molar-refractivity contribution is 7.20. The molecule has 1 fully saturated rings. The second-order valence-electron chi connectivity index (χ2n) is 5.52. The molecule has 3 heterocycles. The van der Waals surface area contributed by atoms with Crippen LogP contribution in [0.15, 0.2) is 6.07 Å². The number of nitrogens with one attached hydrogen (secondary N) is 1. The van der Waals surface area contributed by atoms with Gasteiger partial charge in [0.1, 0.15) is 4.83 Å². The fourth-order valence-corrected chi connectivity index (χ4v) is 3.87. The van der Waals surface area contributed by atoms with E-state index in [1.807, 2.05) is 29.6 Å². The highest BCUT2D eigenvalue weighted by Crippen LogP contribution is 2.29. The van der Waals surface area contributed by atoms with Crippen molar-refractivity contribution in [2.75, 3.05) is 13.1 Å². The van der Waals surface area contributed by atoms with Crippen LogP contribution in [0.3, 0.4) is 0 Å². The summed E-state index contributed by atoms with van der Waals surface area (Å²) < 4.78 is 1.86. The molecule has 1 saturated heterocycles. The Labute approximate surface area is 134 Å². The van der Waals surface area contributed by atoms with Crippen molar-refractivity contribution in [3.05, 3.63) is 16.6 Å². The van der Waals surface area contributed by atoms with E-state index in [1.165, 1.54) is 11.3 Å². The molecule has 0 radical (unpaired) electrons. The summed E-state index contributed by atoms with van der Waals surface area (Å²) in [5, 5.41) is 8.88. The van der Waals surface area contributed by atoms with Crippen LogP contribution in [-0.4, -0.2) is 45.8 Å². The maximum atomic E-state index is 12.7. The third-order valence-electron chi connectivity index (χ3n) is 4.20. The van der Waals surface area contributed by atoms with Crippen molar-refractivity contribution in [3.63, 3.8) is 0 Å². The van der Waals surface area contributed by atoms with E-state index in [0.717, 1.165) is 33.9 Å². The molecule has 21 heavy (non-hydrogen) atoms. The number of rotatable bonds is 1. The van der Waals surface area contributed by atoms with Crippen LogP contribution >= 0.6 is 23.7 Å². The summed E-state index contributed by atoms with van der Waals surface area (Å²) in [5.41, 5.74) is 0.986. The third-order valence-corrected chi connectivity index (χ3v) is 5.39. The molecule has 0 aromatic carbocycles. The van der Waals surface area contributed by atoms with Crippen LogP contribution < -0.4 is 5.32 Å². The molecular formula is C14H21ClN4OS. The fraction of sp³-hybridized carbons (Fsp3) is 0.571. The Kier molecular flexibility index (Phi) is 4.60. The number of carbonyl (C=O) groups is 1. The molecule has 0 spiro atoms. The van der Waals surface area contributed by atoms with Gasteiger partial charge >= 0.3 is 0 Å². The predicted octanol–water partition coefficient (Wildman–Crippen LogP) is 2.19. The monoisotopic (exact) mass is 328 g/mol. The standard InChI is InChI=1S/C14H20N4OS.ClH/c1-8-10(3)18(6-5-15-8)13(19)12-7-11-9(2)16-17(4)14(11)20-12;/h7-8,10,15H,5-6H2,1-4H3;1H. The molecule has 5 nitrogen and oxygen atoms in total. The number of hydrogen-bond donors (Lipinski definition) is 1. The zero-order chi connectivity index (χ0) is 14.4. The van der Waals surface area contributed by atoms with E-state index in [1.54, 1.807) is 0 Å². The van der Waals surface area contributed by atoms with E-state index in [9.17, 15) is 4.79 Å². The predicted molar refractivity (Wildman–Crippen MR) is 88.5 cm³/mol. The van der Waals surface area contributed by atoms with Crippen molar-refractivity contribution in [3.8, 4) is 0 Å². The van der Waals surface area contributed by atoms with Gasteiger partial charge in [0.05, 0.1) is 10.6 Å². The summed E-state index contributed by atoms with van der Waals surface area (Å²) in [7, 11) is 1.93. The van der Waals surface area contributed by atoms with Gasteiger partial charge in [-0.05, 0) is 26.8 Å². The second kappa shape index (κ2) is 5.94. The van der Waals surface area contributed by atoms with Gasteiger partial charge in [0.25, 0.3) is 5.91 Å². The molecule has 1 aliphatic rings. The van der Waals surface area contributed by atoms with E-state index in [-0.39, 0.29) is 24.4 Å². The lowest BCUT2D eigenvalue weighted by Gasteiger charge is -2.38. The minimum Gasteiger partial charge on any atom is -0.332 e. The first-order valence-corrected chi connectivity index (χ1v) is 7.78. The first kappa shape index (κ1) is 16.3. The zero-order valence-electron chi connectivity index (χ0n) is 12.7. The molecule has 1 aliphatic heterocycles. The number of fused-ring (bicyclic) bond motifs is 1. The number of piperazine rings is 1. The number of hydrogen-bond acceptors (Lipinski definition) is 4. The van der Waals surface area contributed by atoms with Gasteiger partial charge in [-0.15, -0.1) is 23.7 Å². The normalized spacial score (nSPS) is 22.4. The summed E-state index contributed by atoms with van der Waals surface area (Å²) in [6, 6.07) is 2.55. The number of aryl methyl sites for hydroxylation is 2. The van der Waals surface area contributed by atoms with Gasteiger partial charge in [-0.3, -0.25) is 9.48 Å². The van der Waals surface area contributed by atoms with Crippen LogP contribution in [-0.2, 0) is 7.05 Å². The van der Waals surface area contributed by atoms with Crippen LogP contribution in [0.25, 0.3) is 10.2 Å². The molecule has 2 atom stereocenters. The number of amides is 1. The number of thiophene rings is 1. The molecule has 2 unspecified atom stereocenters. The Morgan fingerprint density at radius 3 is 2.86 bits per heavy atom. The molecule has 116 valence electrons. The molecule has 1 N–H and O–H groups in total. The van der Waals surface area contributed by atoms with Crippen LogP contribution in [0.5, 0.6) is 0 Å². The number of aromatic nitrogens is 2. The minimum atomic E-state index is 0. The lowest BCUT2D eigenvalue weighted by Crippen LogP contribution is -2.57. The van der Waals surface area contributed by atoms with Crippen molar-refractivity contribution >= 4 is 39.9 Å². The molecular weight excluding hydrogens is 308 g/mol. The lowest BCUT2D eigenvalue weighted by atomic mass is 10.1. The van der Waals surface area contributed by atoms with Gasteiger partial charge in [-0.25, -0.2) is 0 Å². The molecule has 2 aromatic rings. The Morgan fingerprint density at radius 2 is 2.19 bits per heavy atom. The van der Waals surface area contributed by atoms with Crippen LogP contribution in [0.4, 0.5) is 0 Å². The Balaban J connectivity index is 0.00000161. The average molecular weight is 329 g/mol. The number of nitrogens with zero attached hydrogens (tertiary/aromatic N) is 3. The number of carbonyl (C=O) groups excluding carboxylic acids is 1. The van der Waals surface area contributed by atoms with Crippen molar-refractivity contribution in [2.24, 2.45) is 7.05 Å². The van der Waals surface area contributed by atoms with Gasteiger partial charge in [0.15, 0.2) is 0 Å². The summed E-state index contributed by atoms with van der Waals surface area (Å²) in [6.07, 6.45) is 0. The maximum absolute atomic E-state index is 12.7. The second-order valence-corrected chi connectivity index (χ2v) is 6.55. The topological polar surface area (TPSA) is 50.2 Å². The molecule has 0 aliphatic carbocycles. The van der Waals surface area contributed by atoms with Crippen LogP contribution in [0.2, 0.25) is 0 Å². The van der Waals surface area contributed by atoms with E-state index in [4.69, 9.17) is 0 Å². The van der Waals surface area contributed by atoms with E-state index in [2.05, 4.69) is 24.3 Å². The Morgan fingerprint density at radius 1 is 1.48 bits per heavy atom. The molecule has 0 bridgehead atoms. The van der Waals surface area contributed by atoms with Crippen molar-refractivity contribution in [1.29, 1.82) is 0 Å². The van der Waals surface area contributed by atoms with E-state index < -0.39 is 0 Å². The minimum absolute atomic E-state index is 0. The van der Waals surface area contributed by atoms with Gasteiger partial charge in [-0.2, -0.15) is 5.10 Å².